The van der Waals surface area contributed by atoms with Crippen LogP contribution in [0.4, 0.5) is 0 Å². The maximum atomic E-state index is 13.5. The maximum absolute atomic E-state index is 13.5. The molecule has 0 aromatic heterocycles. The van der Waals surface area contributed by atoms with Crippen molar-refractivity contribution in [2.24, 2.45) is 0 Å². The van der Waals surface area contributed by atoms with Crippen LogP contribution in [0.5, 0.6) is 23.0 Å². The van der Waals surface area contributed by atoms with E-state index in [1.165, 1.54) is 4.90 Å². The summed E-state index contributed by atoms with van der Waals surface area (Å²) in [4.78, 5) is 28.4. The number of rotatable bonds is 9. The third-order valence-corrected chi connectivity index (χ3v) is 6.60. The number of benzene rings is 3. The van der Waals surface area contributed by atoms with Gasteiger partial charge in [-0.25, -0.2) is 0 Å². The molecule has 1 fully saturated rings. The summed E-state index contributed by atoms with van der Waals surface area (Å²) in [5.41, 5.74) is 1.83. The molecule has 5 rings (SSSR count). The lowest BCUT2D eigenvalue weighted by Crippen LogP contribution is -2.29. The average Bonchev–Trinajstić information content (AvgIpc) is 3.21. The number of carbonyl (C=O) groups is 2. The lowest BCUT2D eigenvalue weighted by atomic mass is 9.94. The molecule has 2 aliphatic rings. The third kappa shape index (κ3) is 5.27. The van der Waals surface area contributed by atoms with Crippen LogP contribution >= 0.6 is 0 Å². The average molecular weight is 530 g/mol. The smallest absolute Gasteiger partial charge is 0.295 e. The number of likely N-dealkylation sites (tertiary alicyclic amines) is 1. The zero-order valence-corrected chi connectivity index (χ0v) is 22.0. The van der Waals surface area contributed by atoms with Gasteiger partial charge in [0, 0.05) is 12.1 Å². The third-order valence-electron chi connectivity index (χ3n) is 6.60. The minimum absolute atomic E-state index is 0.00251. The van der Waals surface area contributed by atoms with Crippen molar-refractivity contribution in [3.63, 3.8) is 0 Å². The zero-order valence-electron chi connectivity index (χ0n) is 22.0. The van der Waals surface area contributed by atoms with Crippen LogP contribution in [0.3, 0.4) is 0 Å². The lowest BCUT2D eigenvalue weighted by Gasteiger charge is -2.26. The van der Waals surface area contributed by atoms with Crippen molar-refractivity contribution in [1.82, 2.24) is 4.90 Å². The summed E-state index contributed by atoms with van der Waals surface area (Å²) in [6, 6.07) is 18.9. The van der Waals surface area contributed by atoms with Crippen LogP contribution < -0.4 is 18.9 Å². The molecule has 1 amide bonds. The SMILES string of the molecule is CCCOc1ccc([C@@H]2C(=C(O)c3ccc4c(c3)OCCO4)C(=O)C(=O)N2Cc2ccccc2)cc1OCC. The first-order chi connectivity index (χ1) is 19.0. The van der Waals surface area contributed by atoms with Crippen molar-refractivity contribution in [1.29, 1.82) is 0 Å². The molecule has 1 saturated heterocycles. The van der Waals surface area contributed by atoms with Gasteiger partial charge in [-0.05, 0) is 54.8 Å². The topological polar surface area (TPSA) is 94.5 Å². The number of ether oxygens (including phenoxy) is 4. The molecule has 0 aliphatic carbocycles. The molecule has 1 atom stereocenters. The van der Waals surface area contributed by atoms with Crippen molar-refractivity contribution in [3.8, 4) is 23.0 Å². The Morgan fingerprint density at radius 1 is 0.923 bits per heavy atom. The van der Waals surface area contributed by atoms with Gasteiger partial charge < -0.3 is 29.0 Å². The molecule has 0 unspecified atom stereocenters. The molecule has 8 nitrogen and oxygen atoms in total. The summed E-state index contributed by atoms with van der Waals surface area (Å²) in [6.07, 6.45) is 0.833. The van der Waals surface area contributed by atoms with Gasteiger partial charge in [0.1, 0.15) is 19.0 Å². The Kier molecular flexibility index (Phi) is 7.72. The van der Waals surface area contributed by atoms with Gasteiger partial charge in [0.05, 0.1) is 24.8 Å². The molecule has 0 bridgehead atoms. The summed E-state index contributed by atoms with van der Waals surface area (Å²) < 4.78 is 23.0. The predicted octanol–water partition coefficient (Wildman–Crippen LogP) is 5.27. The maximum Gasteiger partial charge on any atom is 0.295 e. The summed E-state index contributed by atoms with van der Waals surface area (Å²) in [5, 5.41) is 11.5. The van der Waals surface area contributed by atoms with Gasteiger partial charge in [-0.15, -0.1) is 0 Å². The van der Waals surface area contributed by atoms with Crippen LogP contribution in [0, 0.1) is 0 Å². The zero-order chi connectivity index (χ0) is 27.4. The Labute approximate surface area is 227 Å². The highest BCUT2D eigenvalue weighted by molar-refractivity contribution is 6.46. The molecular weight excluding hydrogens is 498 g/mol. The van der Waals surface area contributed by atoms with Crippen LogP contribution in [0.15, 0.2) is 72.3 Å². The molecule has 2 heterocycles. The number of carbonyl (C=O) groups excluding carboxylic acids is 2. The Hall–Kier alpha value is -4.46. The highest BCUT2D eigenvalue weighted by atomic mass is 16.6. The summed E-state index contributed by atoms with van der Waals surface area (Å²) >= 11 is 0. The van der Waals surface area contributed by atoms with E-state index in [9.17, 15) is 14.7 Å². The summed E-state index contributed by atoms with van der Waals surface area (Å²) in [6.45, 7) is 5.83. The molecule has 3 aromatic rings. The molecule has 202 valence electrons. The van der Waals surface area contributed by atoms with E-state index in [1.807, 2.05) is 44.2 Å². The van der Waals surface area contributed by atoms with Gasteiger partial charge in [-0.2, -0.15) is 0 Å². The van der Waals surface area contributed by atoms with Gasteiger partial charge in [-0.3, -0.25) is 9.59 Å². The highest BCUT2D eigenvalue weighted by Crippen LogP contribution is 2.43. The molecular formula is C31H31NO7. The van der Waals surface area contributed by atoms with Crippen LogP contribution in [0.25, 0.3) is 5.76 Å². The lowest BCUT2D eigenvalue weighted by molar-refractivity contribution is -0.140. The Morgan fingerprint density at radius 2 is 1.69 bits per heavy atom. The number of aliphatic hydroxyl groups excluding tert-OH is 1. The standard InChI is InChI=1S/C31H31NO7/c1-3-14-37-23-12-10-21(17-25(23)36-4-2)28-27(29(33)22-11-13-24-26(18-22)39-16-15-38-24)30(34)31(35)32(28)19-20-8-6-5-7-9-20/h5-13,17-18,28,33H,3-4,14-16,19H2,1-2H3/t28-/m1/s1. The van der Waals surface area contributed by atoms with Gasteiger partial charge in [0.25, 0.3) is 11.7 Å². The Bertz CT molecular complexity index is 1400. The van der Waals surface area contributed by atoms with E-state index >= 15 is 0 Å². The van der Waals surface area contributed by atoms with Crippen LogP contribution in [0.2, 0.25) is 0 Å². The van der Waals surface area contributed by atoms with Gasteiger partial charge in [-0.1, -0.05) is 43.3 Å². The Balaban J connectivity index is 1.63. The number of nitrogens with zero attached hydrogens (tertiary/aromatic N) is 1. The monoisotopic (exact) mass is 529 g/mol. The molecule has 39 heavy (non-hydrogen) atoms. The van der Waals surface area contributed by atoms with Crippen LogP contribution in [0.1, 0.15) is 43.0 Å². The molecule has 8 heteroatoms. The predicted molar refractivity (Wildman–Crippen MR) is 145 cm³/mol. The fourth-order valence-electron chi connectivity index (χ4n) is 4.81. The van der Waals surface area contributed by atoms with Crippen LogP contribution in [-0.4, -0.2) is 48.1 Å². The minimum Gasteiger partial charge on any atom is -0.507 e. The highest BCUT2D eigenvalue weighted by Gasteiger charge is 2.46. The van der Waals surface area contributed by atoms with Gasteiger partial charge >= 0.3 is 0 Å². The normalized spacial score (nSPS) is 17.8. The van der Waals surface area contributed by atoms with Crippen LogP contribution in [-0.2, 0) is 16.1 Å². The van der Waals surface area contributed by atoms with E-state index < -0.39 is 17.7 Å². The van der Waals surface area contributed by atoms with E-state index in [4.69, 9.17) is 18.9 Å². The first kappa shape index (κ1) is 26.2. The number of Topliss-reactive ketones (excluding diaryl/α,β-unsaturated/α-hetero) is 1. The second kappa shape index (κ2) is 11.5. The minimum atomic E-state index is -0.849. The Morgan fingerprint density at radius 3 is 2.44 bits per heavy atom. The van der Waals surface area contributed by atoms with E-state index in [0.29, 0.717) is 60.6 Å². The second-order valence-electron chi connectivity index (χ2n) is 9.26. The van der Waals surface area contributed by atoms with E-state index in [1.54, 1.807) is 36.4 Å². The number of aliphatic hydroxyl groups is 1. The first-order valence-corrected chi connectivity index (χ1v) is 13.1. The largest absolute Gasteiger partial charge is 0.507 e. The van der Waals surface area contributed by atoms with Crippen molar-refractivity contribution in [2.75, 3.05) is 26.4 Å². The van der Waals surface area contributed by atoms with Gasteiger partial charge in [0.15, 0.2) is 23.0 Å². The fourth-order valence-corrected chi connectivity index (χ4v) is 4.81. The summed E-state index contributed by atoms with van der Waals surface area (Å²) in [7, 11) is 0. The van der Waals surface area contributed by atoms with Crippen molar-refractivity contribution < 1.29 is 33.6 Å². The van der Waals surface area contributed by atoms with Crippen molar-refractivity contribution >= 4 is 17.4 Å². The molecule has 0 radical (unpaired) electrons. The van der Waals surface area contributed by atoms with E-state index in [2.05, 4.69) is 0 Å². The van der Waals surface area contributed by atoms with Gasteiger partial charge in [0.2, 0.25) is 0 Å². The van der Waals surface area contributed by atoms with E-state index in [-0.39, 0.29) is 17.9 Å². The van der Waals surface area contributed by atoms with E-state index in [0.717, 1.165) is 12.0 Å². The molecule has 0 saturated carbocycles. The number of hydrogen-bond donors (Lipinski definition) is 1. The number of fused-ring (bicyclic) bond motifs is 1. The van der Waals surface area contributed by atoms with Crippen molar-refractivity contribution in [2.45, 2.75) is 32.9 Å². The quantitative estimate of drug-likeness (QED) is 0.229. The molecule has 1 N–H and O–H groups in total. The molecule has 0 spiro atoms. The summed E-state index contributed by atoms with van der Waals surface area (Å²) in [5.74, 6) is 0.386. The first-order valence-electron chi connectivity index (χ1n) is 13.1. The number of ketones is 1. The molecule has 2 aliphatic heterocycles. The number of hydrogen-bond acceptors (Lipinski definition) is 7. The fraction of sp³-hybridized carbons (Fsp3) is 0.290. The second-order valence-corrected chi connectivity index (χ2v) is 9.26. The van der Waals surface area contributed by atoms with Crippen molar-refractivity contribution in [3.05, 3.63) is 89.0 Å². The molecule has 3 aromatic carbocycles. The number of amides is 1.